The molecule has 0 saturated carbocycles. The van der Waals surface area contributed by atoms with Crippen LogP contribution in [0.2, 0.25) is 5.02 Å². The number of nitro benzene ring substituents is 1. The molecule has 14 heavy (non-hydrogen) atoms. The van der Waals surface area contributed by atoms with Crippen molar-refractivity contribution in [3.63, 3.8) is 0 Å². The zero-order valence-electron chi connectivity index (χ0n) is 6.94. The SMILES string of the molecule is O=C(O)Cc1cc(Cl)ccc1[N+](=O)[O-]. The third-order valence-electron chi connectivity index (χ3n) is 1.58. The summed E-state index contributed by atoms with van der Waals surface area (Å²) in [5.41, 5.74) is -0.119. The summed E-state index contributed by atoms with van der Waals surface area (Å²) >= 11 is 5.59. The van der Waals surface area contributed by atoms with Crippen LogP contribution in [0.4, 0.5) is 5.69 Å². The summed E-state index contributed by atoms with van der Waals surface area (Å²) in [6.07, 6.45) is -0.406. The fourth-order valence-electron chi connectivity index (χ4n) is 1.04. The lowest BCUT2D eigenvalue weighted by Gasteiger charge is -1.99. The van der Waals surface area contributed by atoms with Gasteiger partial charge in [0.2, 0.25) is 0 Å². The van der Waals surface area contributed by atoms with Crippen molar-refractivity contribution in [3.8, 4) is 0 Å². The van der Waals surface area contributed by atoms with E-state index in [4.69, 9.17) is 16.7 Å². The lowest BCUT2D eigenvalue weighted by molar-refractivity contribution is -0.385. The standard InChI is InChI=1S/C8H6ClNO4/c9-6-1-2-7(10(13)14)5(3-6)4-8(11)12/h1-3H,4H2,(H,11,12). The first-order valence-electron chi connectivity index (χ1n) is 3.65. The lowest BCUT2D eigenvalue weighted by atomic mass is 10.1. The first-order chi connectivity index (χ1) is 6.50. The largest absolute Gasteiger partial charge is 0.481 e. The number of nitro groups is 1. The number of halogens is 1. The Bertz CT molecular complexity index is 391. The molecule has 0 atom stereocenters. The Kier molecular flexibility index (Phi) is 3.03. The number of nitrogens with zero attached hydrogens (tertiary/aromatic N) is 1. The molecule has 1 aromatic rings. The molecular weight excluding hydrogens is 210 g/mol. The predicted molar refractivity (Wildman–Crippen MR) is 49.4 cm³/mol. The summed E-state index contributed by atoms with van der Waals surface area (Å²) in [5, 5.41) is 19.3. The zero-order chi connectivity index (χ0) is 10.7. The molecule has 1 aromatic carbocycles. The van der Waals surface area contributed by atoms with Gasteiger partial charge in [0.1, 0.15) is 0 Å². The Labute approximate surface area is 84.1 Å². The third kappa shape index (κ3) is 2.43. The number of benzene rings is 1. The van der Waals surface area contributed by atoms with Crippen LogP contribution in [0, 0.1) is 10.1 Å². The number of aliphatic carboxylic acids is 1. The molecule has 0 aliphatic carbocycles. The second-order valence-corrected chi connectivity index (χ2v) is 3.04. The highest BCUT2D eigenvalue weighted by molar-refractivity contribution is 6.30. The molecular formula is C8H6ClNO4. The normalized spacial score (nSPS) is 9.79. The minimum absolute atomic E-state index is 0.106. The van der Waals surface area contributed by atoms with Crippen LogP contribution >= 0.6 is 11.6 Å². The Morgan fingerprint density at radius 1 is 1.57 bits per heavy atom. The number of carboxylic acid groups (broad SMARTS) is 1. The highest BCUT2D eigenvalue weighted by Gasteiger charge is 2.15. The van der Waals surface area contributed by atoms with Crippen molar-refractivity contribution in [2.45, 2.75) is 6.42 Å². The highest BCUT2D eigenvalue weighted by atomic mass is 35.5. The van der Waals surface area contributed by atoms with Crippen molar-refractivity contribution in [2.24, 2.45) is 0 Å². The molecule has 0 heterocycles. The number of carbonyl (C=O) groups is 1. The van der Waals surface area contributed by atoms with Crippen LogP contribution in [0.5, 0.6) is 0 Å². The average molecular weight is 216 g/mol. The smallest absolute Gasteiger partial charge is 0.308 e. The van der Waals surface area contributed by atoms with Gasteiger partial charge in [-0.25, -0.2) is 0 Å². The molecule has 0 bridgehead atoms. The average Bonchev–Trinajstić information content (AvgIpc) is 2.01. The Morgan fingerprint density at radius 3 is 2.71 bits per heavy atom. The molecule has 6 heteroatoms. The monoisotopic (exact) mass is 215 g/mol. The van der Waals surface area contributed by atoms with Crippen molar-refractivity contribution in [1.29, 1.82) is 0 Å². The quantitative estimate of drug-likeness (QED) is 0.617. The van der Waals surface area contributed by atoms with Gasteiger partial charge < -0.3 is 5.11 Å². The van der Waals surface area contributed by atoms with E-state index in [2.05, 4.69) is 0 Å². The van der Waals surface area contributed by atoms with E-state index in [-0.39, 0.29) is 16.3 Å². The first kappa shape index (κ1) is 10.5. The van der Waals surface area contributed by atoms with Crippen LogP contribution in [0.15, 0.2) is 18.2 Å². The maximum Gasteiger partial charge on any atom is 0.308 e. The van der Waals surface area contributed by atoms with E-state index in [0.29, 0.717) is 0 Å². The van der Waals surface area contributed by atoms with Gasteiger partial charge in [0, 0.05) is 16.7 Å². The lowest BCUT2D eigenvalue weighted by Crippen LogP contribution is -2.03. The fourth-order valence-corrected chi connectivity index (χ4v) is 1.23. The van der Waals surface area contributed by atoms with Gasteiger partial charge >= 0.3 is 5.97 Å². The van der Waals surface area contributed by atoms with Crippen molar-refractivity contribution < 1.29 is 14.8 Å². The molecule has 1 N–H and O–H groups in total. The van der Waals surface area contributed by atoms with E-state index in [1.807, 2.05) is 0 Å². The van der Waals surface area contributed by atoms with Gasteiger partial charge in [-0.15, -0.1) is 0 Å². The predicted octanol–water partition coefficient (Wildman–Crippen LogP) is 1.88. The van der Waals surface area contributed by atoms with Crippen molar-refractivity contribution in [1.82, 2.24) is 0 Å². The van der Waals surface area contributed by atoms with Crippen LogP contribution in [0.1, 0.15) is 5.56 Å². The molecule has 0 aliphatic heterocycles. The summed E-state index contributed by atoms with van der Waals surface area (Å²) in [4.78, 5) is 20.2. The van der Waals surface area contributed by atoms with Gasteiger partial charge in [0.15, 0.2) is 0 Å². The summed E-state index contributed by atoms with van der Waals surface area (Å²) in [6.45, 7) is 0. The van der Waals surface area contributed by atoms with Crippen molar-refractivity contribution in [3.05, 3.63) is 38.9 Å². The second kappa shape index (κ2) is 4.06. The molecule has 0 saturated heterocycles. The Morgan fingerprint density at radius 2 is 2.21 bits per heavy atom. The molecule has 0 spiro atoms. The Hall–Kier alpha value is -1.62. The van der Waals surface area contributed by atoms with Gasteiger partial charge in [-0.1, -0.05) is 11.6 Å². The molecule has 5 nitrogen and oxygen atoms in total. The summed E-state index contributed by atoms with van der Waals surface area (Å²) in [6, 6.07) is 3.83. The van der Waals surface area contributed by atoms with Gasteiger partial charge in [-0.05, 0) is 12.1 Å². The van der Waals surface area contributed by atoms with Crippen LogP contribution in [0.25, 0.3) is 0 Å². The minimum atomic E-state index is -1.13. The van der Waals surface area contributed by atoms with Gasteiger partial charge in [0.05, 0.1) is 11.3 Å². The van der Waals surface area contributed by atoms with Crippen molar-refractivity contribution >= 4 is 23.3 Å². The molecule has 0 radical (unpaired) electrons. The highest BCUT2D eigenvalue weighted by Crippen LogP contribution is 2.22. The third-order valence-corrected chi connectivity index (χ3v) is 1.82. The van der Waals surface area contributed by atoms with E-state index in [0.717, 1.165) is 0 Å². The van der Waals surface area contributed by atoms with Gasteiger partial charge in [0.25, 0.3) is 5.69 Å². The summed E-state index contributed by atoms with van der Waals surface area (Å²) in [7, 11) is 0. The van der Waals surface area contributed by atoms with E-state index < -0.39 is 17.3 Å². The van der Waals surface area contributed by atoms with Crippen LogP contribution in [-0.2, 0) is 11.2 Å². The maximum atomic E-state index is 10.5. The molecule has 0 aromatic heterocycles. The minimum Gasteiger partial charge on any atom is -0.481 e. The summed E-state index contributed by atoms with van der Waals surface area (Å²) < 4.78 is 0. The number of rotatable bonds is 3. The Balaban J connectivity index is 3.15. The molecule has 74 valence electrons. The second-order valence-electron chi connectivity index (χ2n) is 2.60. The molecule has 0 unspecified atom stereocenters. The maximum absolute atomic E-state index is 10.5. The number of carboxylic acids is 1. The summed E-state index contributed by atoms with van der Waals surface area (Å²) in [5.74, 6) is -1.13. The fraction of sp³-hybridized carbons (Fsp3) is 0.125. The van der Waals surface area contributed by atoms with Gasteiger partial charge in [-0.3, -0.25) is 14.9 Å². The molecule has 1 rings (SSSR count). The molecule has 0 amide bonds. The van der Waals surface area contributed by atoms with Crippen LogP contribution in [-0.4, -0.2) is 16.0 Å². The van der Waals surface area contributed by atoms with E-state index in [9.17, 15) is 14.9 Å². The zero-order valence-corrected chi connectivity index (χ0v) is 7.69. The van der Waals surface area contributed by atoms with E-state index in [1.54, 1.807) is 0 Å². The molecule has 0 aliphatic rings. The topological polar surface area (TPSA) is 80.4 Å². The van der Waals surface area contributed by atoms with E-state index >= 15 is 0 Å². The van der Waals surface area contributed by atoms with Gasteiger partial charge in [-0.2, -0.15) is 0 Å². The van der Waals surface area contributed by atoms with Crippen molar-refractivity contribution in [2.75, 3.05) is 0 Å². The number of hydrogen-bond donors (Lipinski definition) is 1. The number of hydrogen-bond acceptors (Lipinski definition) is 3. The first-order valence-corrected chi connectivity index (χ1v) is 4.03. The molecule has 0 fully saturated rings. The van der Waals surface area contributed by atoms with E-state index in [1.165, 1.54) is 18.2 Å². The van der Waals surface area contributed by atoms with Crippen LogP contribution < -0.4 is 0 Å². The van der Waals surface area contributed by atoms with Crippen LogP contribution in [0.3, 0.4) is 0 Å².